The summed E-state index contributed by atoms with van der Waals surface area (Å²) in [6.45, 7) is 0. The molecular formula is C19H17N3O3S. The Morgan fingerprint density at radius 3 is 2.35 bits per heavy atom. The van der Waals surface area contributed by atoms with Gasteiger partial charge in [0, 0.05) is 5.56 Å². The van der Waals surface area contributed by atoms with Gasteiger partial charge < -0.3 is 5.32 Å². The number of anilines is 1. The van der Waals surface area contributed by atoms with E-state index in [0.29, 0.717) is 17.1 Å². The molecule has 132 valence electrons. The van der Waals surface area contributed by atoms with E-state index >= 15 is 0 Å². The fourth-order valence-electron chi connectivity index (χ4n) is 3.08. The minimum atomic E-state index is -3.21. The summed E-state index contributed by atoms with van der Waals surface area (Å²) in [5, 5.41) is 7.31. The number of hydrogen-bond acceptors (Lipinski definition) is 4. The highest BCUT2D eigenvalue weighted by Crippen LogP contribution is 2.32. The van der Waals surface area contributed by atoms with Crippen LogP contribution in [0, 0.1) is 0 Å². The van der Waals surface area contributed by atoms with Gasteiger partial charge in [0.15, 0.2) is 9.84 Å². The van der Waals surface area contributed by atoms with E-state index in [4.69, 9.17) is 0 Å². The first-order valence-corrected chi connectivity index (χ1v) is 10.0. The first-order valence-electron chi connectivity index (χ1n) is 8.22. The largest absolute Gasteiger partial charge is 0.310 e. The lowest BCUT2D eigenvalue weighted by atomic mass is 10.1. The summed E-state index contributed by atoms with van der Waals surface area (Å²) in [6.07, 6.45) is 0.211. The highest BCUT2D eigenvalue weighted by atomic mass is 32.2. The number of hydrogen-bond donors (Lipinski definition) is 1. The Morgan fingerprint density at radius 1 is 1.00 bits per heavy atom. The standard InChI is InChI=1S/C19H17N3O3S/c23-18(11-14-7-3-1-4-8-14)20-19-16-12-26(24,25)13-17(16)21-22(19)15-9-5-2-6-10-15/h1-10H,11-13H2,(H,20,23). The van der Waals surface area contributed by atoms with Crippen molar-refractivity contribution in [2.75, 3.05) is 5.32 Å². The summed E-state index contributed by atoms with van der Waals surface area (Å²) < 4.78 is 25.5. The highest BCUT2D eigenvalue weighted by molar-refractivity contribution is 7.90. The molecule has 1 aliphatic heterocycles. The molecule has 2 heterocycles. The van der Waals surface area contributed by atoms with Gasteiger partial charge in [-0.15, -0.1) is 0 Å². The van der Waals surface area contributed by atoms with Crippen LogP contribution < -0.4 is 5.32 Å². The lowest BCUT2D eigenvalue weighted by Crippen LogP contribution is -2.18. The summed E-state index contributed by atoms with van der Waals surface area (Å²) in [7, 11) is -3.21. The minimum Gasteiger partial charge on any atom is -0.310 e. The summed E-state index contributed by atoms with van der Waals surface area (Å²) in [5.41, 5.74) is 2.74. The maximum absolute atomic E-state index is 12.5. The molecule has 1 aliphatic rings. The van der Waals surface area contributed by atoms with Gasteiger partial charge in [0.1, 0.15) is 5.82 Å². The van der Waals surface area contributed by atoms with E-state index in [9.17, 15) is 13.2 Å². The van der Waals surface area contributed by atoms with Crippen molar-refractivity contribution >= 4 is 21.6 Å². The van der Waals surface area contributed by atoms with Gasteiger partial charge in [0.05, 0.1) is 29.3 Å². The summed E-state index contributed by atoms with van der Waals surface area (Å²) in [6, 6.07) is 18.8. The molecule has 4 rings (SSSR count). The zero-order valence-electron chi connectivity index (χ0n) is 13.9. The quantitative estimate of drug-likeness (QED) is 0.768. The maximum Gasteiger partial charge on any atom is 0.229 e. The van der Waals surface area contributed by atoms with Crippen molar-refractivity contribution in [1.29, 1.82) is 0 Å². The molecule has 2 aromatic carbocycles. The molecule has 0 fully saturated rings. The first-order chi connectivity index (χ1) is 12.5. The summed E-state index contributed by atoms with van der Waals surface area (Å²) in [4.78, 5) is 12.5. The Hall–Kier alpha value is -2.93. The van der Waals surface area contributed by atoms with Crippen LogP contribution >= 0.6 is 0 Å². The van der Waals surface area contributed by atoms with Crippen molar-refractivity contribution in [2.45, 2.75) is 17.9 Å². The van der Waals surface area contributed by atoms with Crippen LogP contribution in [0.4, 0.5) is 5.82 Å². The number of sulfone groups is 1. The van der Waals surface area contributed by atoms with Crippen LogP contribution in [0.3, 0.4) is 0 Å². The third-order valence-corrected chi connectivity index (χ3v) is 5.70. The van der Waals surface area contributed by atoms with Gasteiger partial charge in [-0.2, -0.15) is 5.10 Å². The molecule has 1 N–H and O–H groups in total. The number of para-hydroxylation sites is 1. The molecule has 0 bridgehead atoms. The summed E-state index contributed by atoms with van der Waals surface area (Å²) in [5.74, 6) is 0.0356. The van der Waals surface area contributed by atoms with Gasteiger partial charge in [-0.25, -0.2) is 13.1 Å². The van der Waals surface area contributed by atoms with Crippen LogP contribution in [-0.2, 0) is 32.6 Å². The predicted molar refractivity (Wildman–Crippen MR) is 98.7 cm³/mol. The second-order valence-electron chi connectivity index (χ2n) is 6.26. The van der Waals surface area contributed by atoms with Crippen molar-refractivity contribution in [3.8, 4) is 5.69 Å². The number of aromatic nitrogens is 2. The van der Waals surface area contributed by atoms with Gasteiger partial charge in [-0.1, -0.05) is 48.5 Å². The average Bonchev–Trinajstić information content (AvgIpc) is 3.09. The molecule has 0 radical (unpaired) electrons. The third-order valence-electron chi connectivity index (χ3n) is 4.25. The second kappa shape index (κ2) is 6.42. The fourth-order valence-corrected chi connectivity index (χ4v) is 4.58. The number of carbonyl (C=O) groups is 1. The predicted octanol–water partition coefficient (Wildman–Crippen LogP) is 2.48. The molecule has 0 saturated heterocycles. The third kappa shape index (κ3) is 3.25. The first kappa shape index (κ1) is 16.5. The smallest absolute Gasteiger partial charge is 0.229 e. The van der Waals surface area contributed by atoms with Crippen molar-refractivity contribution in [2.24, 2.45) is 0 Å². The van der Waals surface area contributed by atoms with Crippen LogP contribution in [0.5, 0.6) is 0 Å². The normalized spacial score (nSPS) is 14.8. The van der Waals surface area contributed by atoms with Crippen LogP contribution in [0.2, 0.25) is 0 Å². The number of fused-ring (bicyclic) bond motifs is 1. The lowest BCUT2D eigenvalue weighted by molar-refractivity contribution is -0.115. The Labute approximate surface area is 151 Å². The van der Waals surface area contributed by atoms with Crippen LogP contribution in [0.25, 0.3) is 5.69 Å². The van der Waals surface area contributed by atoms with E-state index in [-0.39, 0.29) is 23.8 Å². The Morgan fingerprint density at radius 2 is 1.65 bits per heavy atom. The molecule has 1 amide bonds. The molecule has 0 atom stereocenters. The molecule has 6 nitrogen and oxygen atoms in total. The van der Waals surface area contributed by atoms with Gasteiger partial charge in [-0.05, 0) is 17.7 Å². The van der Waals surface area contributed by atoms with Crippen LogP contribution in [0.15, 0.2) is 60.7 Å². The lowest BCUT2D eigenvalue weighted by Gasteiger charge is -2.11. The van der Waals surface area contributed by atoms with E-state index < -0.39 is 9.84 Å². The molecule has 0 unspecified atom stereocenters. The zero-order chi connectivity index (χ0) is 18.1. The molecule has 0 spiro atoms. The van der Waals surface area contributed by atoms with Crippen molar-refractivity contribution < 1.29 is 13.2 Å². The molecule has 0 saturated carbocycles. The highest BCUT2D eigenvalue weighted by Gasteiger charge is 2.33. The monoisotopic (exact) mass is 367 g/mol. The van der Waals surface area contributed by atoms with E-state index in [1.165, 1.54) is 0 Å². The number of carbonyl (C=O) groups excluding carboxylic acids is 1. The number of amides is 1. The second-order valence-corrected chi connectivity index (χ2v) is 8.33. The molecule has 7 heteroatoms. The minimum absolute atomic E-state index is 0.0935. The Balaban J connectivity index is 1.69. The molecule has 0 aliphatic carbocycles. The van der Waals surface area contributed by atoms with Crippen LogP contribution in [0.1, 0.15) is 16.8 Å². The molecule has 1 aromatic heterocycles. The summed E-state index contributed by atoms with van der Waals surface area (Å²) >= 11 is 0. The molecule has 26 heavy (non-hydrogen) atoms. The SMILES string of the molecule is O=C(Cc1ccccc1)Nc1c2c(nn1-c1ccccc1)CS(=O)(=O)C2. The van der Waals surface area contributed by atoms with Gasteiger partial charge >= 0.3 is 0 Å². The van der Waals surface area contributed by atoms with Gasteiger partial charge in [0.2, 0.25) is 5.91 Å². The fraction of sp³-hybridized carbons (Fsp3) is 0.158. The number of nitrogens with one attached hydrogen (secondary N) is 1. The van der Waals surface area contributed by atoms with Crippen molar-refractivity contribution in [3.05, 3.63) is 77.5 Å². The van der Waals surface area contributed by atoms with Gasteiger partial charge in [-0.3, -0.25) is 4.79 Å². The van der Waals surface area contributed by atoms with E-state index in [0.717, 1.165) is 11.3 Å². The van der Waals surface area contributed by atoms with E-state index in [1.807, 2.05) is 60.7 Å². The van der Waals surface area contributed by atoms with Crippen LogP contribution in [-0.4, -0.2) is 24.1 Å². The average molecular weight is 367 g/mol. The Kier molecular flexibility index (Phi) is 4.08. The van der Waals surface area contributed by atoms with Crippen molar-refractivity contribution in [1.82, 2.24) is 9.78 Å². The van der Waals surface area contributed by atoms with Gasteiger partial charge in [0.25, 0.3) is 0 Å². The number of nitrogens with zero attached hydrogens (tertiary/aromatic N) is 2. The topological polar surface area (TPSA) is 81.1 Å². The maximum atomic E-state index is 12.5. The number of rotatable bonds is 4. The number of benzene rings is 2. The molecule has 3 aromatic rings. The zero-order valence-corrected chi connectivity index (χ0v) is 14.7. The van der Waals surface area contributed by atoms with Crippen molar-refractivity contribution in [3.63, 3.8) is 0 Å². The van der Waals surface area contributed by atoms with E-state index in [1.54, 1.807) is 4.68 Å². The Bertz CT molecular complexity index is 1060. The molecular weight excluding hydrogens is 350 g/mol. The van der Waals surface area contributed by atoms with E-state index in [2.05, 4.69) is 10.4 Å².